The van der Waals surface area contributed by atoms with Crippen molar-refractivity contribution in [2.75, 3.05) is 6.61 Å². The number of halogens is 1. The summed E-state index contributed by atoms with van der Waals surface area (Å²) < 4.78 is 25.7. The van der Waals surface area contributed by atoms with Gasteiger partial charge in [-0.15, -0.1) is 0 Å². The normalized spacial score (nSPS) is 46.4. The first kappa shape index (κ1) is 26.3. The molecule has 9 nitrogen and oxygen atoms in total. The number of fused-ring (bicyclic) bond motifs is 5. The summed E-state index contributed by atoms with van der Waals surface area (Å²) in [7, 11) is -4.64. The van der Waals surface area contributed by atoms with Crippen LogP contribution in [0.1, 0.15) is 46.5 Å². The zero-order chi connectivity index (χ0) is 25.2. The maximum Gasteiger partial charge on any atom is 0.466 e. The zero-order valence-corrected chi connectivity index (χ0v) is 19.7. The van der Waals surface area contributed by atoms with Gasteiger partial charge in [0.1, 0.15) is 12.2 Å². The van der Waals surface area contributed by atoms with E-state index in [9.17, 15) is 24.9 Å². The topological polar surface area (TPSA) is 173 Å². The Kier molecular flexibility index (Phi) is 6.51. The van der Waals surface area contributed by atoms with Gasteiger partial charge in [0.15, 0.2) is 17.2 Å². The fourth-order valence-corrected chi connectivity index (χ4v) is 7.26. The van der Waals surface area contributed by atoms with Crippen LogP contribution in [-0.2, 0) is 14.2 Å². The second kappa shape index (κ2) is 8.16. The molecule has 0 heterocycles. The number of aliphatic hydroxyl groups is 3. The molecule has 0 bridgehead atoms. The number of carbonyl (C=O) groups is 2. The van der Waals surface area contributed by atoms with Crippen molar-refractivity contribution >= 4 is 19.4 Å². The Morgan fingerprint density at radius 2 is 1.82 bits per heavy atom. The van der Waals surface area contributed by atoms with Crippen molar-refractivity contribution in [3.05, 3.63) is 23.8 Å². The number of Topliss-reactive ketones (excluding diaryl/α,β-unsaturated/α-hetero) is 1. The SMILES string of the molecule is C[C@H]1C[C@H]2[C@@H]3CCC4=CC(=O)C=C[C@]4(C)[C@@]3(F)[C@@H](O)C[C@]2(C)[C@@]1(O)C(=O)CO.O=P(O)(O)O. The summed E-state index contributed by atoms with van der Waals surface area (Å²) in [4.78, 5) is 45.9. The van der Waals surface area contributed by atoms with E-state index in [0.717, 1.165) is 0 Å². The second-order valence-electron chi connectivity index (χ2n) is 10.3. The first-order valence-electron chi connectivity index (χ1n) is 10.9. The van der Waals surface area contributed by atoms with E-state index < -0.39 is 60.3 Å². The molecule has 11 heteroatoms. The Morgan fingerprint density at radius 1 is 1.24 bits per heavy atom. The minimum atomic E-state index is -4.64. The Bertz CT molecular complexity index is 951. The Labute approximate surface area is 191 Å². The van der Waals surface area contributed by atoms with Crippen molar-refractivity contribution in [1.82, 2.24) is 0 Å². The fourth-order valence-electron chi connectivity index (χ4n) is 7.26. The molecule has 4 aliphatic carbocycles. The van der Waals surface area contributed by atoms with Crippen LogP contribution in [0.4, 0.5) is 4.39 Å². The molecule has 3 saturated carbocycles. The smallest absolute Gasteiger partial charge is 0.390 e. The van der Waals surface area contributed by atoms with Crippen LogP contribution in [0.2, 0.25) is 0 Å². The van der Waals surface area contributed by atoms with Crippen LogP contribution < -0.4 is 0 Å². The van der Waals surface area contributed by atoms with E-state index in [4.69, 9.17) is 19.2 Å². The summed E-state index contributed by atoms with van der Waals surface area (Å²) >= 11 is 0. The molecule has 0 saturated heterocycles. The molecule has 0 aromatic carbocycles. The van der Waals surface area contributed by atoms with Crippen molar-refractivity contribution in [3.63, 3.8) is 0 Å². The average Bonchev–Trinajstić information content (AvgIpc) is 2.89. The molecule has 8 atom stereocenters. The highest BCUT2D eigenvalue weighted by atomic mass is 31.2. The number of carbonyl (C=O) groups excluding carboxylic acids is 2. The van der Waals surface area contributed by atoms with Crippen LogP contribution in [0.15, 0.2) is 23.8 Å². The van der Waals surface area contributed by atoms with Crippen LogP contribution in [0.5, 0.6) is 0 Å². The number of ketones is 2. The van der Waals surface area contributed by atoms with Crippen LogP contribution >= 0.6 is 7.82 Å². The maximum absolute atomic E-state index is 16.9. The summed E-state index contributed by atoms with van der Waals surface area (Å²) in [6.45, 7) is 4.48. The number of hydrogen-bond acceptors (Lipinski definition) is 6. The summed E-state index contributed by atoms with van der Waals surface area (Å²) in [6.07, 6.45) is 4.44. The monoisotopic (exact) mass is 490 g/mol. The molecule has 0 aromatic heterocycles. The van der Waals surface area contributed by atoms with E-state index in [-0.39, 0.29) is 18.1 Å². The molecule has 186 valence electrons. The van der Waals surface area contributed by atoms with Gasteiger partial charge in [-0.2, -0.15) is 0 Å². The van der Waals surface area contributed by atoms with E-state index in [0.29, 0.717) is 24.8 Å². The maximum atomic E-state index is 16.9. The van der Waals surface area contributed by atoms with Gasteiger partial charge in [0.05, 0.1) is 6.10 Å². The Balaban J connectivity index is 0.000000555. The molecule has 4 aliphatic rings. The first-order valence-corrected chi connectivity index (χ1v) is 12.5. The number of hydrogen-bond donors (Lipinski definition) is 6. The number of phosphoric acid groups is 1. The zero-order valence-electron chi connectivity index (χ0n) is 18.8. The highest BCUT2D eigenvalue weighted by Gasteiger charge is 2.75. The van der Waals surface area contributed by atoms with Gasteiger partial charge in [-0.25, -0.2) is 8.96 Å². The average molecular weight is 490 g/mol. The van der Waals surface area contributed by atoms with Crippen LogP contribution in [0.25, 0.3) is 0 Å². The summed E-state index contributed by atoms with van der Waals surface area (Å²) in [5.41, 5.74) is -5.17. The second-order valence-corrected chi connectivity index (χ2v) is 11.3. The van der Waals surface area contributed by atoms with Crippen molar-refractivity contribution in [3.8, 4) is 0 Å². The van der Waals surface area contributed by atoms with Crippen molar-refractivity contribution in [2.24, 2.45) is 28.6 Å². The Hall–Kier alpha value is -1.26. The molecule has 0 radical (unpaired) electrons. The molecule has 3 fully saturated rings. The third-order valence-corrected chi connectivity index (χ3v) is 8.79. The molecule has 0 aromatic rings. The van der Waals surface area contributed by atoms with Gasteiger partial charge in [-0.1, -0.05) is 25.5 Å². The number of allylic oxidation sites excluding steroid dienone is 4. The Morgan fingerprint density at radius 3 is 2.36 bits per heavy atom. The third-order valence-electron chi connectivity index (χ3n) is 8.79. The summed E-state index contributed by atoms with van der Waals surface area (Å²) in [6, 6.07) is 0. The quantitative estimate of drug-likeness (QED) is 0.308. The summed E-state index contributed by atoms with van der Waals surface area (Å²) in [5, 5.41) is 32.0. The predicted octanol–water partition coefficient (Wildman–Crippen LogP) is 0.967. The lowest BCUT2D eigenvalue weighted by atomic mass is 9.44. The fraction of sp³-hybridized carbons (Fsp3) is 0.727. The lowest BCUT2D eigenvalue weighted by Crippen LogP contribution is -2.69. The lowest BCUT2D eigenvalue weighted by molar-refractivity contribution is -0.219. The van der Waals surface area contributed by atoms with Gasteiger partial charge in [0, 0.05) is 16.7 Å². The molecular weight excluding hydrogens is 458 g/mol. The van der Waals surface area contributed by atoms with Gasteiger partial charge < -0.3 is 30.0 Å². The van der Waals surface area contributed by atoms with Gasteiger partial charge in [-0.05, 0) is 56.6 Å². The van der Waals surface area contributed by atoms with E-state index >= 15 is 4.39 Å². The highest BCUT2D eigenvalue weighted by Crippen LogP contribution is 2.70. The van der Waals surface area contributed by atoms with Crippen molar-refractivity contribution < 1.29 is 48.5 Å². The molecule has 0 spiro atoms. The number of alkyl halides is 1. The minimum absolute atomic E-state index is 0.0676. The molecule has 4 rings (SSSR count). The van der Waals surface area contributed by atoms with E-state index in [1.165, 1.54) is 12.2 Å². The van der Waals surface area contributed by atoms with Crippen LogP contribution in [0, 0.1) is 28.6 Å². The summed E-state index contributed by atoms with van der Waals surface area (Å²) in [5.74, 6) is -2.12. The predicted molar refractivity (Wildman–Crippen MR) is 114 cm³/mol. The molecule has 33 heavy (non-hydrogen) atoms. The molecule has 0 amide bonds. The van der Waals surface area contributed by atoms with E-state index in [1.807, 2.05) is 0 Å². The van der Waals surface area contributed by atoms with E-state index in [1.54, 1.807) is 26.8 Å². The molecular formula is C22H32FO9P. The van der Waals surface area contributed by atoms with Gasteiger partial charge in [-0.3, -0.25) is 9.59 Å². The highest BCUT2D eigenvalue weighted by molar-refractivity contribution is 7.45. The largest absolute Gasteiger partial charge is 0.466 e. The van der Waals surface area contributed by atoms with Crippen molar-refractivity contribution in [1.29, 1.82) is 0 Å². The third kappa shape index (κ3) is 3.71. The number of aliphatic hydroxyl groups excluding tert-OH is 2. The standard InChI is InChI=1S/C22H29FO5.H3O4P/c1-12-8-16-15-5-4-13-9-14(25)6-7-19(13,2)21(15,23)17(26)10-20(16,3)22(12,28)18(27)11-24;1-5(2,3)4/h6-7,9,12,15-17,24,26,28H,4-5,8,10-11H2,1-3H3;(H3,1,2,3,4)/t12-,15-,16-,17-,19-,20-,21-,22-;/m0./s1. The molecule has 0 unspecified atom stereocenters. The van der Waals surface area contributed by atoms with Gasteiger partial charge >= 0.3 is 7.82 Å². The van der Waals surface area contributed by atoms with Gasteiger partial charge in [0.2, 0.25) is 0 Å². The number of rotatable bonds is 2. The van der Waals surface area contributed by atoms with E-state index in [2.05, 4.69) is 0 Å². The minimum Gasteiger partial charge on any atom is -0.390 e. The van der Waals surface area contributed by atoms with Gasteiger partial charge in [0.25, 0.3) is 0 Å². The lowest BCUT2D eigenvalue weighted by Gasteiger charge is -2.62. The first-order chi connectivity index (χ1) is 15.0. The molecule has 6 N–H and O–H groups in total. The van der Waals surface area contributed by atoms with Crippen LogP contribution in [-0.4, -0.2) is 65.5 Å². The molecule has 0 aliphatic heterocycles. The van der Waals surface area contributed by atoms with Crippen LogP contribution in [0.3, 0.4) is 0 Å². The van der Waals surface area contributed by atoms with Crippen molar-refractivity contribution in [2.45, 2.75) is 63.8 Å².